The average Bonchev–Trinajstić information content (AvgIpc) is 3.13. The molecular formula is C16H25N5O2. The van der Waals surface area contributed by atoms with Crippen LogP contribution in [0.3, 0.4) is 0 Å². The quantitative estimate of drug-likeness (QED) is 0.871. The summed E-state index contributed by atoms with van der Waals surface area (Å²) in [4.78, 5) is 19.1. The fraction of sp³-hybridized carbons (Fsp3) is 0.688. The van der Waals surface area contributed by atoms with Gasteiger partial charge in [-0.15, -0.1) is 0 Å². The number of imidazole rings is 1. The van der Waals surface area contributed by atoms with Crippen molar-refractivity contribution in [3.63, 3.8) is 0 Å². The van der Waals surface area contributed by atoms with Crippen LogP contribution in [-0.4, -0.2) is 52.5 Å². The van der Waals surface area contributed by atoms with Crippen molar-refractivity contribution in [1.82, 2.24) is 19.9 Å². The number of rotatable bonds is 4. The first-order chi connectivity index (χ1) is 10.9. The first-order valence-electron chi connectivity index (χ1n) is 8.03. The van der Waals surface area contributed by atoms with Crippen molar-refractivity contribution in [1.29, 1.82) is 0 Å². The minimum Gasteiger partial charge on any atom is -0.356 e. The van der Waals surface area contributed by atoms with Crippen LogP contribution in [0.15, 0.2) is 6.33 Å². The summed E-state index contributed by atoms with van der Waals surface area (Å²) in [5, 5.41) is 0. The average molecular weight is 319 g/mol. The van der Waals surface area contributed by atoms with E-state index in [-0.39, 0.29) is 17.8 Å². The minimum atomic E-state index is -0.192. The van der Waals surface area contributed by atoms with Crippen molar-refractivity contribution in [2.24, 2.45) is 0 Å². The van der Waals surface area contributed by atoms with Gasteiger partial charge in [0.2, 0.25) is 0 Å². The zero-order chi connectivity index (χ0) is 16.6. The molecule has 7 nitrogen and oxygen atoms in total. The zero-order valence-corrected chi connectivity index (χ0v) is 14.5. The van der Waals surface area contributed by atoms with Gasteiger partial charge in [0.25, 0.3) is 0 Å². The molecule has 0 saturated carbocycles. The molecule has 0 bridgehead atoms. The fourth-order valence-electron chi connectivity index (χ4n) is 2.74. The molecule has 2 aromatic rings. The molecule has 3 rings (SSSR count). The largest absolute Gasteiger partial charge is 0.356 e. The molecule has 1 N–H and O–H groups in total. The van der Waals surface area contributed by atoms with E-state index < -0.39 is 0 Å². The first kappa shape index (κ1) is 16.1. The molecule has 0 amide bonds. The Bertz CT molecular complexity index is 679. The highest BCUT2D eigenvalue weighted by atomic mass is 16.7. The number of aromatic amines is 1. The van der Waals surface area contributed by atoms with E-state index in [9.17, 15) is 0 Å². The van der Waals surface area contributed by atoms with E-state index in [0.29, 0.717) is 0 Å². The van der Waals surface area contributed by atoms with Gasteiger partial charge < -0.3 is 19.4 Å². The summed E-state index contributed by atoms with van der Waals surface area (Å²) in [6.45, 7) is 9.94. The monoisotopic (exact) mass is 319 g/mol. The Morgan fingerprint density at radius 1 is 1.35 bits per heavy atom. The van der Waals surface area contributed by atoms with Gasteiger partial charge in [-0.05, 0) is 13.3 Å². The lowest BCUT2D eigenvalue weighted by molar-refractivity contribution is -0.137. The number of fused-ring (bicyclic) bond motifs is 1. The van der Waals surface area contributed by atoms with Crippen LogP contribution in [0.1, 0.15) is 39.9 Å². The second-order valence-corrected chi connectivity index (χ2v) is 7.02. The standard InChI is InChI=1S/C16H25N5O2/c1-10(22-5)23-11-6-7-21(8-11)14-12-13(18-9-17-12)19-15(20-14)16(2,3)4/h9-11H,6-8H2,1-5H3,(H,17,18,19,20)/t10?,11-/m0/s1. The topological polar surface area (TPSA) is 76.2 Å². The summed E-state index contributed by atoms with van der Waals surface area (Å²) in [6.07, 6.45) is 2.59. The molecule has 126 valence electrons. The normalized spacial score (nSPS) is 20.4. The smallest absolute Gasteiger partial charge is 0.183 e. The summed E-state index contributed by atoms with van der Waals surface area (Å²) in [5.74, 6) is 1.72. The van der Waals surface area contributed by atoms with E-state index in [2.05, 4.69) is 40.6 Å². The van der Waals surface area contributed by atoms with Gasteiger partial charge >= 0.3 is 0 Å². The molecule has 2 aromatic heterocycles. The van der Waals surface area contributed by atoms with Crippen LogP contribution in [0.5, 0.6) is 0 Å². The van der Waals surface area contributed by atoms with Crippen molar-refractivity contribution >= 4 is 17.0 Å². The van der Waals surface area contributed by atoms with Crippen molar-refractivity contribution in [3.05, 3.63) is 12.2 Å². The Morgan fingerprint density at radius 3 is 2.83 bits per heavy atom. The van der Waals surface area contributed by atoms with E-state index >= 15 is 0 Å². The van der Waals surface area contributed by atoms with Crippen molar-refractivity contribution < 1.29 is 9.47 Å². The Balaban J connectivity index is 1.89. The van der Waals surface area contributed by atoms with E-state index in [4.69, 9.17) is 14.5 Å². The molecule has 0 aliphatic carbocycles. The van der Waals surface area contributed by atoms with Crippen LogP contribution in [0, 0.1) is 0 Å². The van der Waals surface area contributed by atoms with Crippen molar-refractivity contribution in [2.45, 2.75) is 51.9 Å². The van der Waals surface area contributed by atoms with Gasteiger partial charge in [0.15, 0.2) is 17.8 Å². The summed E-state index contributed by atoms with van der Waals surface area (Å²) in [6, 6.07) is 0. The predicted molar refractivity (Wildman–Crippen MR) is 88.6 cm³/mol. The molecular weight excluding hydrogens is 294 g/mol. The highest BCUT2D eigenvalue weighted by Crippen LogP contribution is 2.29. The van der Waals surface area contributed by atoms with Gasteiger partial charge in [-0.3, -0.25) is 0 Å². The third-order valence-electron chi connectivity index (χ3n) is 4.10. The first-order valence-corrected chi connectivity index (χ1v) is 8.03. The maximum Gasteiger partial charge on any atom is 0.183 e. The number of nitrogens with one attached hydrogen (secondary N) is 1. The number of H-pyrrole nitrogens is 1. The number of ether oxygens (including phenoxy) is 2. The van der Waals surface area contributed by atoms with Crippen LogP contribution in [-0.2, 0) is 14.9 Å². The molecule has 0 radical (unpaired) electrons. The molecule has 1 saturated heterocycles. The molecule has 2 atom stereocenters. The van der Waals surface area contributed by atoms with Crippen molar-refractivity contribution in [2.75, 3.05) is 25.1 Å². The Kier molecular flexibility index (Phi) is 4.25. The Hall–Kier alpha value is -1.73. The van der Waals surface area contributed by atoms with Gasteiger partial charge in [0.05, 0.1) is 12.4 Å². The summed E-state index contributed by atoms with van der Waals surface area (Å²) in [5.41, 5.74) is 1.48. The zero-order valence-electron chi connectivity index (χ0n) is 14.5. The van der Waals surface area contributed by atoms with Crippen molar-refractivity contribution in [3.8, 4) is 0 Å². The number of methoxy groups -OCH3 is 1. The number of hydrogen-bond donors (Lipinski definition) is 1. The molecule has 1 fully saturated rings. The third-order valence-corrected chi connectivity index (χ3v) is 4.10. The number of hydrogen-bond acceptors (Lipinski definition) is 6. The predicted octanol–water partition coefficient (Wildman–Crippen LogP) is 2.24. The molecule has 1 aliphatic heterocycles. The number of nitrogens with zero attached hydrogens (tertiary/aromatic N) is 4. The maximum absolute atomic E-state index is 5.87. The lowest BCUT2D eigenvalue weighted by Gasteiger charge is -2.22. The van der Waals surface area contributed by atoms with Crippen LogP contribution < -0.4 is 4.90 Å². The number of anilines is 1. The molecule has 7 heteroatoms. The molecule has 1 aliphatic rings. The SMILES string of the molecule is COC(C)O[C@H]1CCN(c2nc(C(C)(C)C)nc3nc[nH]c23)C1. The Morgan fingerprint density at radius 2 is 2.13 bits per heavy atom. The lowest BCUT2D eigenvalue weighted by Crippen LogP contribution is -2.28. The molecule has 0 aromatic carbocycles. The summed E-state index contributed by atoms with van der Waals surface area (Å²) < 4.78 is 11.1. The van der Waals surface area contributed by atoms with Crippen LogP contribution in [0.4, 0.5) is 5.82 Å². The van der Waals surface area contributed by atoms with E-state index in [1.165, 1.54) is 0 Å². The lowest BCUT2D eigenvalue weighted by atomic mass is 9.96. The van der Waals surface area contributed by atoms with Crippen LogP contribution >= 0.6 is 0 Å². The molecule has 1 unspecified atom stereocenters. The summed E-state index contributed by atoms with van der Waals surface area (Å²) >= 11 is 0. The highest BCUT2D eigenvalue weighted by molar-refractivity contribution is 5.83. The highest BCUT2D eigenvalue weighted by Gasteiger charge is 2.29. The van der Waals surface area contributed by atoms with Gasteiger partial charge in [0.1, 0.15) is 11.3 Å². The molecule has 3 heterocycles. The van der Waals surface area contributed by atoms with Gasteiger partial charge in [-0.1, -0.05) is 20.8 Å². The van der Waals surface area contributed by atoms with Gasteiger partial charge in [0, 0.05) is 25.6 Å². The number of aromatic nitrogens is 4. The summed E-state index contributed by atoms with van der Waals surface area (Å²) in [7, 11) is 1.66. The van der Waals surface area contributed by atoms with E-state index in [1.54, 1.807) is 13.4 Å². The molecule has 0 spiro atoms. The van der Waals surface area contributed by atoms with Crippen LogP contribution in [0.25, 0.3) is 11.2 Å². The maximum atomic E-state index is 5.87. The second-order valence-electron chi connectivity index (χ2n) is 7.02. The second kappa shape index (κ2) is 6.05. The van der Waals surface area contributed by atoms with Gasteiger partial charge in [-0.25, -0.2) is 15.0 Å². The van der Waals surface area contributed by atoms with Gasteiger partial charge in [-0.2, -0.15) is 0 Å². The fourth-order valence-corrected chi connectivity index (χ4v) is 2.74. The third kappa shape index (κ3) is 3.30. The Labute approximate surface area is 136 Å². The van der Waals surface area contributed by atoms with E-state index in [0.717, 1.165) is 42.3 Å². The van der Waals surface area contributed by atoms with E-state index in [1.807, 2.05) is 6.92 Å². The van der Waals surface area contributed by atoms with Crippen LogP contribution in [0.2, 0.25) is 0 Å². The molecule has 23 heavy (non-hydrogen) atoms. The minimum absolute atomic E-state index is 0.123.